The van der Waals surface area contributed by atoms with Crippen LogP contribution in [-0.2, 0) is 10.8 Å². The Balaban J connectivity index is 0.897. The normalized spacial score (nSPS) is 15.5. The van der Waals surface area contributed by atoms with Crippen molar-refractivity contribution >= 4 is 45.9 Å². The number of hydrogen-bond acceptors (Lipinski definition) is 1. The number of rotatable bonds is 8. The van der Waals surface area contributed by atoms with Crippen LogP contribution in [0.2, 0.25) is 0 Å². The zero-order valence-corrected chi connectivity index (χ0v) is 47.0. The SMILES string of the molecule is CC1(c2ccccc2)c2ccccc2-c2ccc(N(c3ccc(-c4cccc([Si]5(c6ccccc6)c6ccccc6-c6ccccc65)c4)c(-c4ccccc4)c3)c3ccc4c(c3)-c3ccccc3C43c4ccccc4-c4ccccc43)cc21. The molecule has 1 atom stereocenters. The second-order valence-electron chi connectivity index (χ2n) is 23.1. The molecule has 1 aliphatic heterocycles. The van der Waals surface area contributed by atoms with Gasteiger partial charge in [-0.3, -0.25) is 0 Å². The lowest BCUT2D eigenvalue weighted by molar-refractivity contribution is 0.714. The van der Waals surface area contributed by atoms with Crippen molar-refractivity contribution < 1.29 is 0 Å². The van der Waals surface area contributed by atoms with E-state index in [0.717, 1.165) is 17.1 Å². The van der Waals surface area contributed by atoms with E-state index in [1.807, 2.05) is 0 Å². The maximum atomic E-state index is 2.54. The Labute approximate surface area is 486 Å². The van der Waals surface area contributed by atoms with Gasteiger partial charge < -0.3 is 4.90 Å². The molecule has 0 bridgehead atoms. The van der Waals surface area contributed by atoms with Gasteiger partial charge in [-0.05, 0) is 170 Å². The van der Waals surface area contributed by atoms with Crippen LogP contribution in [-0.4, -0.2) is 8.07 Å². The van der Waals surface area contributed by atoms with Crippen molar-refractivity contribution in [3.05, 3.63) is 354 Å². The van der Waals surface area contributed by atoms with Crippen molar-refractivity contribution in [1.82, 2.24) is 0 Å². The predicted molar refractivity (Wildman–Crippen MR) is 348 cm³/mol. The van der Waals surface area contributed by atoms with E-state index in [9.17, 15) is 0 Å². The van der Waals surface area contributed by atoms with Crippen molar-refractivity contribution in [3.8, 4) is 66.8 Å². The van der Waals surface area contributed by atoms with Gasteiger partial charge in [-0.15, -0.1) is 0 Å². The van der Waals surface area contributed by atoms with E-state index in [0.29, 0.717) is 0 Å². The Morgan fingerprint density at radius 2 is 0.663 bits per heavy atom. The fourth-order valence-electron chi connectivity index (χ4n) is 15.8. The smallest absolute Gasteiger partial charge is 0.180 e. The summed E-state index contributed by atoms with van der Waals surface area (Å²) in [6.45, 7) is 2.42. The topological polar surface area (TPSA) is 3.24 Å². The van der Waals surface area contributed by atoms with Crippen LogP contribution in [0.4, 0.5) is 17.1 Å². The minimum atomic E-state index is -2.77. The Morgan fingerprint density at radius 1 is 0.253 bits per heavy atom. The molecule has 1 spiro atoms. The largest absolute Gasteiger partial charge is 0.310 e. The number of fused-ring (bicyclic) bond motifs is 16. The lowest BCUT2D eigenvalue weighted by Crippen LogP contribution is -2.72. The van der Waals surface area contributed by atoms with Crippen LogP contribution in [0.25, 0.3) is 66.8 Å². The molecule has 13 aromatic rings. The van der Waals surface area contributed by atoms with E-state index >= 15 is 0 Å². The molecule has 0 N–H and O–H groups in total. The second kappa shape index (κ2) is 18.2. The average molecular weight is 1070 g/mol. The second-order valence-corrected chi connectivity index (χ2v) is 26.8. The van der Waals surface area contributed by atoms with Gasteiger partial charge in [0.25, 0.3) is 0 Å². The van der Waals surface area contributed by atoms with Crippen molar-refractivity contribution in [3.63, 3.8) is 0 Å². The van der Waals surface area contributed by atoms with Gasteiger partial charge in [0.2, 0.25) is 0 Å². The summed E-state index contributed by atoms with van der Waals surface area (Å²) < 4.78 is 0. The monoisotopic (exact) mass is 1070 g/mol. The number of anilines is 3. The molecule has 4 aliphatic rings. The van der Waals surface area contributed by atoms with Gasteiger partial charge in [-0.2, -0.15) is 0 Å². The highest BCUT2D eigenvalue weighted by atomic mass is 28.3. The van der Waals surface area contributed by atoms with Crippen molar-refractivity contribution in [2.75, 3.05) is 4.90 Å². The molecule has 0 saturated heterocycles. The fourth-order valence-corrected chi connectivity index (χ4v) is 21.0. The maximum absolute atomic E-state index is 2.77. The van der Waals surface area contributed by atoms with Crippen molar-refractivity contribution in [2.45, 2.75) is 17.8 Å². The molecule has 3 aliphatic carbocycles. The van der Waals surface area contributed by atoms with E-state index in [1.54, 1.807) is 0 Å². The predicted octanol–water partition coefficient (Wildman–Crippen LogP) is 17.5. The first kappa shape index (κ1) is 47.7. The van der Waals surface area contributed by atoms with Crippen LogP contribution < -0.4 is 25.6 Å². The summed E-state index contributed by atoms with van der Waals surface area (Å²) in [7, 11) is -2.77. The molecular weight excluding hydrogens is 1010 g/mol. The average Bonchev–Trinajstić information content (AvgIpc) is 1.94. The first-order valence-electron chi connectivity index (χ1n) is 29.2. The standard InChI is InChI=1S/C81H55NSi/c1-80(56-27-7-3-8-28-56)72-38-17-11-32-63(72)67-48-45-59(53-77(67)80)82(58-46-49-76-71(52-58)66-35-14-20-41-75(66)81(76)73-39-18-12-33-64(73)65-34-13-19-40-74(65)81)57-44-47-62(70(51-57)54-24-5-2-6-25-54)55-26-23-31-61(50-55)83(60-29-9-4-10-30-60)78-42-21-15-36-68(78)69-37-16-22-43-79(69)83/h2-53H,1H3. The van der Waals surface area contributed by atoms with Crippen LogP contribution in [0.15, 0.2) is 315 Å². The molecule has 1 heterocycles. The maximum Gasteiger partial charge on any atom is 0.180 e. The van der Waals surface area contributed by atoms with Crippen LogP contribution in [0.5, 0.6) is 0 Å². The summed E-state index contributed by atoms with van der Waals surface area (Å²) in [5.74, 6) is 0. The first-order chi connectivity index (χ1) is 41.1. The molecule has 0 radical (unpaired) electrons. The van der Waals surface area contributed by atoms with Gasteiger partial charge in [-0.1, -0.05) is 279 Å². The molecule has 0 saturated carbocycles. The van der Waals surface area contributed by atoms with Crippen LogP contribution >= 0.6 is 0 Å². The quantitative estimate of drug-likeness (QED) is 0.137. The molecule has 388 valence electrons. The third kappa shape index (κ3) is 6.58. The summed E-state index contributed by atoms with van der Waals surface area (Å²) in [4.78, 5) is 2.54. The first-order valence-corrected chi connectivity index (χ1v) is 31.2. The lowest BCUT2D eigenvalue weighted by atomic mass is 9.70. The van der Waals surface area contributed by atoms with E-state index in [1.165, 1.54) is 126 Å². The number of benzene rings is 13. The summed E-state index contributed by atoms with van der Waals surface area (Å²) in [6.07, 6.45) is 0. The van der Waals surface area contributed by atoms with Crippen LogP contribution in [0, 0.1) is 0 Å². The van der Waals surface area contributed by atoms with Crippen molar-refractivity contribution in [2.24, 2.45) is 0 Å². The molecule has 0 fully saturated rings. The molecule has 17 rings (SSSR count). The highest BCUT2D eigenvalue weighted by Gasteiger charge is 2.52. The van der Waals surface area contributed by atoms with E-state index in [4.69, 9.17) is 0 Å². The summed E-state index contributed by atoms with van der Waals surface area (Å²) in [5, 5.41) is 5.68. The van der Waals surface area contributed by atoms with E-state index in [2.05, 4.69) is 327 Å². The minimum Gasteiger partial charge on any atom is -0.310 e. The summed E-state index contributed by atoms with van der Waals surface area (Å²) in [5.41, 5.74) is 27.0. The van der Waals surface area contributed by atoms with Gasteiger partial charge in [0.05, 0.1) is 5.41 Å². The number of hydrogen-bond donors (Lipinski definition) is 0. The van der Waals surface area contributed by atoms with Gasteiger partial charge in [0, 0.05) is 22.5 Å². The Hall–Kier alpha value is -10.1. The molecular formula is C81H55NSi. The molecule has 0 amide bonds. The molecule has 2 heteroatoms. The molecule has 1 unspecified atom stereocenters. The van der Waals surface area contributed by atoms with Crippen molar-refractivity contribution in [1.29, 1.82) is 0 Å². The third-order valence-corrected chi connectivity index (χ3v) is 24.1. The fraction of sp³-hybridized carbons (Fsp3) is 0.0370. The molecule has 1 nitrogen and oxygen atoms in total. The Kier molecular flexibility index (Phi) is 10.4. The Morgan fingerprint density at radius 3 is 1.28 bits per heavy atom. The minimum absolute atomic E-state index is 0.383. The molecule has 13 aromatic carbocycles. The van der Waals surface area contributed by atoms with Gasteiger partial charge >= 0.3 is 0 Å². The van der Waals surface area contributed by atoms with Gasteiger partial charge in [-0.25, -0.2) is 0 Å². The lowest BCUT2D eigenvalue weighted by Gasteiger charge is -2.32. The highest BCUT2D eigenvalue weighted by Crippen LogP contribution is 2.63. The molecule has 0 aromatic heterocycles. The van der Waals surface area contributed by atoms with Gasteiger partial charge in [0.1, 0.15) is 0 Å². The Bertz CT molecular complexity index is 4680. The highest BCUT2D eigenvalue weighted by molar-refractivity contribution is 7.22. The zero-order chi connectivity index (χ0) is 54.9. The number of nitrogens with zero attached hydrogens (tertiary/aromatic N) is 1. The van der Waals surface area contributed by atoms with E-state index in [-0.39, 0.29) is 5.41 Å². The van der Waals surface area contributed by atoms with Crippen LogP contribution in [0.1, 0.15) is 45.9 Å². The van der Waals surface area contributed by atoms with Crippen LogP contribution in [0.3, 0.4) is 0 Å². The zero-order valence-electron chi connectivity index (χ0n) is 46.0. The third-order valence-electron chi connectivity index (χ3n) is 19.3. The van der Waals surface area contributed by atoms with Gasteiger partial charge in [0.15, 0.2) is 8.07 Å². The summed E-state index contributed by atoms with van der Waals surface area (Å²) in [6, 6.07) is 120. The molecule has 83 heavy (non-hydrogen) atoms. The summed E-state index contributed by atoms with van der Waals surface area (Å²) >= 11 is 0. The van der Waals surface area contributed by atoms with E-state index < -0.39 is 13.5 Å².